The molecule has 184 valence electrons. The number of hydrogen-bond donors (Lipinski definition) is 1. The van der Waals surface area contributed by atoms with E-state index < -0.39 is 0 Å². The van der Waals surface area contributed by atoms with Crippen LogP contribution in [0.4, 0.5) is 0 Å². The van der Waals surface area contributed by atoms with Crippen molar-refractivity contribution in [1.29, 1.82) is 0 Å². The molecule has 1 unspecified atom stereocenters. The van der Waals surface area contributed by atoms with Gasteiger partial charge in [-0.05, 0) is 52.9 Å². The Hall–Kier alpha value is -3.60. The van der Waals surface area contributed by atoms with E-state index >= 15 is 0 Å². The van der Waals surface area contributed by atoms with Crippen LogP contribution in [0.25, 0.3) is 11.1 Å². The third kappa shape index (κ3) is 5.78. The first-order valence-corrected chi connectivity index (χ1v) is 12.8. The summed E-state index contributed by atoms with van der Waals surface area (Å²) < 4.78 is 11.9. The molecular formula is C32H34N2O2. The smallest absolute Gasteiger partial charge is 0.161 e. The van der Waals surface area contributed by atoms with E-state index in [1.54, 1.807) is 7.11 Å². The highest BCUT2D eigenvalue weighted by molar-refractivity contribution is 5.63. The molecule has 0 amide bonds. The molecule has 1 N–H and O–H groups in total. The highest BCUT2D eigenvalue weighted by atomic mass is 16.5. The summed E-state index contributed by atoms with van der Waals surface area (Å²) in [4.78, 5) is 2.58. The monoisotopic (exact) mass is 478 g/mol. The van der Waals surface area contributed by atoms with Crippen LogP contribution in [0, 0.1) is 0 Å². The molecule has 0 bridgehead atoms. The van der Waals surface area contributed by atoms with Crippen LogP contribution in [-0.4, -0.2) is 38.2 Å². The van der Waals surface area contributed by atoms with E-state index in [0.717, 1.165) is 49.7 Å². The maximum absolute atomic E-state index is 6.14. The molecule has 0 saturated carbocycles. The summed E-state index contributed by atoms with van der Waals surface area (Å²) in [5.41, 5.74) is 6.11. The minimum atomic E-state index is 0.145. The third-order valence-electron chi connectivity index (χ3n) is 6.81. The standard InChI is InChI=1S/C32H34N2O2/c1-35-31-23-29(17-18-30(31)36-24-25-9-4-2-5-10-25)32(34-21-8-19-33-20-22-34)28-15-13-27(14-16-28)26-11-6-3-7-12-26/h2-7,9-18,23,32-33H,8,19-22,24H2,1H3. The number of nitrogens with zero attached hydrogens (tertiary/aromatic N) is 1. The molecule has 5 rings (SSSR count). The van der Waals surface area contributed by atoms with Crippen LogP contribution in [0.3, 0.4) is 0 Å². The van der Waals surface area contributed by atoms with Gasteiger partial charge in [-0.1, -0.05) is 91.0 Å². The maximum atomic E-state index is 6.14. The number of methoxy groups -OCH3 is 1. The molecule has 4 heteroatoms. The second kappa shape index (κ2) is 11.9. The summed E-state index contributed by atoms with van der Waals surface area (Å²) >= 11 is 0. The summed E-state index contributed by atoms with van der Waals surface area (Å²) in [5.74, 6) is 1.53. The molecule has 36 heavy (non-hydrogen) atoms. The van der Waals surface area contributed by atoms with Gasteiger partial charge in [0, 0.05) is 19.6 Å². The van der Waals surface area contributed by atoms with Gasteiger partial charge in [0.2, 0.25) is 0 Å². The second-order valence-electron chi connectivity index (χ2n) is 9.21. The van der Waals surface area contributed by atoms with Crippen LogP contribution in [0.2, 0.25) is 0 Å². The van der Waals surface area contributed by atoms with Gasteiger partial charge in [-0.2, -0.15) is 0 Å². The Morgan fingerprint density at radius 1 is 0.722 bits per heavy atom. The maximum Gasteiger partial charge on any atom is 0.161 e. The molecule has 1 heterocycles. The van der Waals surface area contributed by atoms with E-state index in [0.29, 0.717) is 6.61 Å². The SMILES string of the molecule is COc1cc(C(c2ccc(-c3ccccc3)cc2)N2CCCNCC2)ccc1OCc1ccccc1. The van der Waals surface area contributed by atoms with Gasteiger partial charge in [-0.25, -0.2) is 0 Å². The van der Waals surface area contributed by atoms with Crippen molar-refractivity contribution in [2.45, 2.75) is 19.1 Å². The number of rotatable bonds is 8. The Kier molecular flexibility index (Phi) is 7.96. The summed E-state index contributed by atoms with van der Waals surface area (Å²) in [7, 11) is 1.72. The fourth-order valence-electron chi connectivity index (χ4n) is 4.94. The Morgan fingerprint density at radius 3 is 2.17 bits per heavy atom. The Balaban J connectivity index is 1.45. The molecule has 0 aromatic heterocycles. The summed E-state index contributed by atoms with van der Waals surface area (Å²) in [6, 6.07) is 36.3. The van der Waals surface area contributed by atoms with Crippen molar-refractivity contribution in [3.8, 4) is 22.6 Å². The molecule has 1 aliphatic heterocycles. The largest absolute Gasteiger partial charge is 0.493 e. The van der Waals surface area contributed by atoms with Crippen molar-refractivity contribution in [2.24, 2.45) is 0 Å². The van der Waals surface area contributed by atoms with Gasteiger partial charge in [-0.15, -0.1) is 0 Å². The fraction of sp³-hybridized carbons (Fsp3) is 0.250. The summed E-state index contributed by atoms with van der Waals surface area (Å²) in [6.07, 6.45) is 1.13. The Labute approximate surface area is 214 Å². The van der Waals surface area contributed by atoms with Crippen molar-refractivity contribution in [3.05, 3.63) is 120 Å². The normalized spacial score (nSPS) is 15.1. The van der Waals surface area contributed by atoms with Gasteiger partial charge in [0.05, 0.1) is 13.2 Å². The van der Waals surface area contributed by atoms with Gasteiger partial charge in [0.15, 0.2) is 11.5 Å². The van der Waals surface area contributed by atoms with E-state index in [4.69, 9.17) is 9.47 Å². The molecule has 0 aliphatic carbocycles. The zero-order chi connectivity index (χ0) is 24.6. The molecule has 1 atom stereocenters. The first kappa shape index (κ1) is 24.1. The Bertz CT molecular complexity index is 1220. The van der Waals surface area contributed by atoms with Crippen LogP contribution in [0.15, 0.2) is 103 Å². The molecule has 0 spiro atoms. The summed E-state index contributed by atoms with van der Waals surface area (Å²) in [5, 5.41) is 3.54. The van der Waals surface area contributed by atoms with E-state index in [1.165, 1.54) is 22.3 Å². The molecular weight excluding hydrogens is 444 g/mol. The lowest BCUT2D eigenvalue weighted by Gasteiger charge is -2.32. The van der Waals surface area contributed by atoms with E-state index in [1.807, 2.05) is 18.2 Å². The average molecular weight is 479 g/mol. The Morgan fingerprint density at radius 2 is 1.42 bits per heavy atom. The van der Waals surface area contributed by atoms with Crippen LogP contribution in [0.5, 0.6) is 11.5 Å². The lowest BCUT2D eigenvalue weighted by atomic mass is 9.94. The van der Waals surface area contributed by atoms with Gasteiger partial charge in [0.25, 0.3) is 0 Å². The number of hydrogen-bond acceptors (Lipinski definition) is 4. The first-order valence-electron chi connectivity index (χ1n) is 12.8. The van der Waals surface area contributed by atoms with Crippen molar-refractivity contribution in [1.82, 2.24) is 10.2 Å². The number of ether oxygens (including phenoxy) is 2. The predicted octanol–water partition coefficient (Wildman–Crippen LogP) is 6.33. The zero-order valence-corrected chi connectivity index (χ0v) is 20.9. The van der Waals surface area contributed by atoms with E-state index in [9.17, 15) is 0 Å². The molecule has 4 aromatic carbocycles. The molecule has 1 saturated heterocycles. The quantitative estimate of drug-likeness (QED) is 0.321. The van der Waals surface area contributed by atoms with Crippen molar-refractivity contribution < 1.29 is 9.47 Å². The minimum absolute atomic E-state index is 0.145. The van der Waals surface area contributed by atoms with Crippen molar-refractivity contribution in [2.75, 3.05) is 33.3 Å². The number of benzene rings is 4. The van der Waals surface area contributed by atoms with Crippen molar-refractivity contribution in [3.63, 3.8) is 0 Å². The van der Waals surface area contributed by atoms with Gasteiger partial charge in [0.1, 0.15) is 6.61 Å². The molecule has 1 fully saturated rings. The lowest BCUT2D eigenvalue weighted by Crippen LogP contribution is -2.33. The fourth-order valence-corrected chi connectivity index (χ4v) is 4.94. The first-order chi connectivity index (χ1) is 17.8. The molecule has 0 radical (unpaired) electrons. The van der Waals surface area contributed by atoms with Crippen LogP contribution < -0.4 is 14.8 Å². The minimum Gasteiger partial charge on any atom is -0.493 e. The van der Waals surface area contributed by atoms with Crippen LogP contribution in [0.1, 0.15) is 29.2 Å². The topological polar surface area (TPSA) is 33.7 Å². The molecule has 4 aromatic rings. The zero-order valence-electron chi connectivity index (χ0n) is 20.9. The number of nitrogens with one attached hydrogen (secondary N) is 1. The predicted molar refractivity (Wildman–Crippen MR) is 147 cm³/mol. The van der Waals surface area contributed by atoms with Gasteiger partial charge in [-0.3, -0.25) is 4.90 Å². The highest BCUT2D eigenvalue weighted by Gasteiger charge is 2.24. The van der Waals surface area contributed by atoms with Crippen molar-refractivity contribution >= 4 is 0 Å². The molecule has 4 nitrogen and oxygen atoms in total. The molecule has 1 aliphatic rings. The van der Waals surface area contributed by atoms with Gasteiger partial charge < -0.3 is 14.8 Å². The van der Waals surface area contributed by atoms with E-state index in [-0.39, 0.29) is 6.04 Å². The third-order valence-corrected chi connectivity index (χ3v) is 6.81. The van der Waals surface area contributed by atoms with Gasteiger partial charge >= 0.3 is 0 Å². The summed E-state index contributed by atoms with van der Waals surface area (Å²) in [6.45, 7) is 4.62. The van der Waals surface area contributed by atoms with Crippen LogP contribution in [-0.2, 0) is 6.61 Å². The average Bonchev–Trinajstić information content (AvgIpc) is 3.23. The van der Waals surface area contributed by atoms with E-state index in [2.05, 4.69) is 95.1 Å². The van der Waals surface area contributed by atoms with Crippen LogP contribution >= 0.6 is 0 Å². The highest BCUT2D eigenvalue weighted by Crippen LogP contribution is 2.36. The lowest BCUT2D eigenvalue weighted by molar-refractivity contribution is 0.239. The second-order valence-corrected chi connectivity index (χ2v) is 9.21.